The van der Waals surface area contributed by atoms with Gasteiger partial charge in [0.25, 0.3) is 0 Å². The number of hydrogen-bond acceptors (Lipinski definition) is 2. The number of aromatic hydroxyl groups is 2. The predicted molar refractivity (Wildman–Crippen MR) is 182 cm³/mol. The second kappa shape index (κ2) is 11.5. The molecule has 4 aromatic rings. The third-order valence-corrected chi connectivity index (χ3v) is 9.77. The molecule has 0 bridgehead atoms. The molecule has 1 aliphatic rings. The molecule has 0 saturated heterocycles. The molecule has 0 saturated carbocycles. The van der Waals surface area contributed by atoms with Gasteiger partial charge in [0, 0.05) is 0 Å². The first-order valence-corrected chi connectivity index (χ1v) is 16.4. The minimum atomic E-state index is -0.608. The maximum absolute atomic E-state index is 11.5. The standard InChI is InChI=1S/C41H50O2/c1-11-27-13-15-31-32-16-14-28(12-2)18-38(32)41(37(31)17-27,29-19-33(23(3)4)39(42)34(20-29)24(5)6)30-21-35(25(7)8)40(43)36(22-30)26(9)10/h13-26,42-43H,11-12H2,1-10H3. The number of phenolic OH excluding ortho intramolecular Hbond substituents is 2. The summed E-state index contributed by atoms with van der Waals surface area (Å²) in [5.41, 5.74) is 13.5. The smallest absolute Gasteiger partial charge is 0.122 e. The fourth-order valence-corrected chi connectivity index (χ4v) is 7.20. The lowest BCUT2D eigenvalue weighted by Crippen LogP contribution is -2.30. The van der Waals surface area contributed by atoms with E-state index in [-0.39, 0.29) is 23.7 Å². The zero-order valence-corrected chi connectivity index (χ0v) is 27.9. The quantitative estimate of drug-likeness (QED) is 0.193. The lowest BCUT2D eigenvalue weighted by Gasteiger charge is -2.37. The fraction of sp³-hybridized carbons (Fsp3) is 0.415. The van der Waals surface area contributed by atoms with Gasteiger partial charge in [-0.1, -0.05) is 130 Å². The summed E-state index contributed by atoms with van der Waals surface area (Å²) < 4.78 is 0. The highest BCUT2D eigenvalue weighted by Gasteiger charge is 2.47. The van der Waals surface area contributed by atoms with Crippen molar-refractivity contribution in [2.24, 2.45) is 0 Å². The van der Waals surface area contributed by atoms with E-state index >= 15 is 0 Å². The molecule has 0 fully saturated rings. The van der Waals surface area contributed by atoms with Crippen molar-refractivity contribution in [2.75, 3.05) is 0 Å². The second-order valence-electron chi connectivity index (χ2n) is 13.8. The second-order valence-corrected chi connectivity index (χ2v) is 13.8. The Kier molecular flexibility index (Phi) is 8.29. The Morgan fingerprint density at radius 2 is 0.791 bits per heavy atom. The highest BCUT2D eigenvalue weighted by molar-refractivity contribution is 5.87. The van der Waals surface area contributed by atoms with Crippen molar-refractivity contribution in [3.8, 4) is 22.6 Å². The van der Waals surface area contributed by atoms with Crippen molar-refractivity contribution in [3.05, 3.63) is 116 Å². The topological polar surface area (TPSA) is 40.5 Å². The Morgan fingerprint density at radius 3 is 1.05 bits per heavy atom. The first-order chi connectivity index (χ1) is 20.4. The Morgan fingerprint density at radius 1 is 0.488 bits per heavy atom. The average molecular weight is 575 g/mol. The summed E-state index contributed by atoms with van der Waals surface area (Å²) >= 11 is 0. The van der Waals surface area contributed by atoms with Crippen LogP contribution < -0.4 is 0 Å². The summed E-state index contributed by atoms with van der Waals surface area (Å²) in [6, 6.07) is 23.2. The van der Waals surface area contributed by atoms with Gasteiger partial charge in [-0.25, -0.2) is 0 Å². The van der Waals surface area contributed by atoms with Crippen LogP contribution in [0, 0.1) is 0 Å². The summed E-state index contributed by atoms with van der Waals surface area (Å²) in [6.45, 7) is 21.8. The number of benzene rings is 4. The molecule has 1 aliphatic carbocycles. The molecule has 0 unspecified atom stereocenters. The molecule has 0 radical (unpaired) electrons. The molecule has 226 valence electrons. The van der Waals surface area contributed by atoms with Crippen LogP contribution in [-0.2, 0) is 18.3 Å². The van der Waals surface area contributed by atoms with Gasteiger partial charge in [0.05, 0.1) is 5.41 Å². The highest BCUT2D eigenvalue weighted by atomic mass is 16.3. The first-order valence-electron chi connectivity index (χ1n) is 16.4. The SMILES string of the molecule is CCc1ccc2c(c1)C(c1cc(C(C)C)c(O)c(C(C)C)c1)(c1cc(C(C)C)c(O)c(C(C)C)c1)c1cc(CC)ccc1-2. The lowest BCUT2D eigenvalue weighted by atomic mass is 9.65. The molecule has 2 heteroatoms. The molecule has 2 N–H and O–H groups in total. The Hall–Kier alpha value is -3.52. The minimum absolute atomic E-state index is 0.163. The molecule has 0 amide bonds. The normalized spacial score (nSPS) is 13.8. The van der Waals surface area contributed by atoms with Gasteiger partial charge >= 0.3 is 0 Å². The van der Waals surface area contributed by atoms with Crippen LogP contribution in [0.25, 0.3) is 11.1 Å². The van der Waals surface area contributed by atoms with Crippen LogP contribution in [-0.4, -0.2) is 10.2 Å². The maximum Gasteiger partial charge on any atom is 0.122 e. The van der Waals surface area contributed by atoms with Crippen LogP contribution in [0.3, 0.4) is 0 Å². The van der Waals surface area contributed by atoms with E-state index in [2.05, 4.69) is 130 Å². The van der Waals surface area contributed by atoms with Gasteiger partial charge in [0.2, 0.25) is 0 Å². The van der Waals surface area contributed by atoms with Crippen molar-refractivity contribution >= 4 is 0 Å². The van der Waals surface area contributed by atoms with E-state index in [1.54, 1.807) is 0 Å². The molecule has 0 aromatic heterocycles. The molecular weight excluding hydrogens is 524 g/mol. The van der Waals surface area contributed by atoms with E-state index in [0.29, 0.717) is 11.5 Å². The predicted octanol–water partition coefficient (Wildman–Crippen LogP) is 11.1. The Balaban J connectivity index is 2.08. The van der Waals surface area contributed by atoms with E-state index in [9.17, 15) is 10.2 Å². The van der Waals surface area contributed by atoms with Crippen molar-refractivity contribution in [1.29, 1.82) is 0 Å². The monoisotopic (exact) mass is 574 g/mol. The molecule has 4 aromatic carbocycles. The van der Waals surface area contributed by atoms with Gasteiger partial charge in [-0.2, -0.15) is 0 Å². The largest absolute Gasteiger partial charge is 0.507 e. The van der Waals surface area contributed by atoms with Crippen molar-refractivity contribution in [1.82, 2.24) is 0 Å². The van der Waals surface area contributed by atoms with Crippen molar-refractivity contribution < 1.29 is 10.2 Å². The van der Waals surface area contributed by atoms with Gasteiger partial charge < -0.3 is 10.2 Å². The maximum atomic E-state index is 11.5. The number of hydrogen-bond donors (Lipinski definition) is 2. The summed E-state index contributed by atoms with van der Waals surface area (Å²) in [6.07, 6.45) is 1.90. The molecule has 43 heavy (non-hydrogen) atoms. The molecule has 0 aliphatic heterocycles. The van der Waals surface area contributed by atoms with Gasteiger partial charge in [-0.05, 0) is 103 Å². The zero-order valence-electron chi connectivity index (χ0n) is 27.9. The van der Waals surface area contributed by atoms with Crippen molar-refractivity contribution in [2.45, 2.75) is 111 Å². The summed E-state index contributed by atoms with van der Waals surface area (Å²) in [7, 11) is 0. The van der Waals surface area contributed by atoms with E-state index in [4.69, 9.17) is 0 Å². The fourth-order valence-electron chi connectivity index (χ4n) is 7.20. The van der Waals surface area contributed by atoms with E-state index in [1.807, 2.05) is 0 Å². The number of fused-ring (bicyclic) bond motifs is 3. The minimum Gasteiger partial charge on any atom is -0.507 e. The highest BCUT2D eigenvalue weighted by Crippen LogP contribution is 2.58. The number of aryl methyl sites for hydroxylation is 2. The molecule has 0 spiro atoms. The van der Waals surface area contributed by atoms with Gasteiger partial charge in [0.15, 0.2) is 0 Å². The van der Waals surface area contributed by atoms with Gasteiger partial charge in [-0.3, -0.25) is 0 Å². The van der Waals surface area contributed by atoms with Crippen molar-refractivity contribution in [3.63, 3.8) is 0 Å². The van der Waals surface area contributed by atoms with Crippen LogP contribution in [0.15, 0.2) is 60.7 Å². The third-order valence-electron chi connectivity index (χ3n) is 9.77. The third kappa shape index (κ3) is 4.88. The molecule has 2 nitrogen and oxygen atoms in total. The van der Waals surface area contributed by atoms with Crippen LogP contribution in [0.1, 0.15) is 149 Å². The van der Waals surface area contributed by atoms with E-state index in [0.717, 1.165) is 35.1 Å². The summed E-state index contributed by atoms with van der Waals surface area (Å²) in [4.78, 5) is 0. The summed E-state index contributed by atoms with van der Waals surface area (Å²) in [5, 5.41) is 23.1. The van der Waals surface area contributed by atoms with E-state index in [1.165, 1.54) is 44.5 Å². The molecular formula is C41H50O2. The molecule has 5 rings (SSSR count). The van der Waals surface area contributed by atoms with Crippen LogP contribution >= 0.6 is 0 Å². The molecule has 0 heterocycles. The Labute approximate surface area is 259 Å². The summed E-state index contributed by atoms with van der Waals surface area (Å²) in [5.74, 6) is 1.49. The van der Waals surface area contributed by atoms with Crippen LogP contribution in [0.4, 0.5) is 0 Å². The zero-order chi connectivity index (χ0) is 31.4. The first kappa shape index (κ1) is 30.9. The van der Waals surface area contributed by atoms with Crippen LogP contribution in [0.5, 0.6) is 11.5 Å². The number of phenols is 2. The molecule has 0 atom stereocenters. The van der Waals surface area contributed by atoms with Crippen LogP contribution in [0.2, 0.25) is 0 Å². The lowest BCUT2D eigenvalue weighted by molar-refractivity contribution is 0.453. The van der Waals surface area contributed by atoms with Gasteiger partial charge in [-0.15, -0.1) is 0 Å². The Bertz CT molecular complexity index is 1480. The number of rotatable bonds is 8. The average Bonchev–Trinajstić information content (AvgIpc) is 3.26. The van der Waals surface area contributed by atoms with Gasteiger partial charge in [0.1, 0.15) is 11.5 Å². The van der Waals surface area contributed by atoms with E-state index < -0.39 is 5.41 Å².